The SMILES string of the molecule is CC(O)C(OC(=O)c1ccccc1)OC(=O)c1ccccc1. The average molecular weight is 300 g/mol. The molecule has 5 heteroatoms. The van der Waals surface area contributed by atoms with Crippen molar-refractivity contribution < 1.29 is 24.2 Å². The second-order valence-corrected chi connectivity index (χ2v) is 4.65. The molecule has 114 valence electrons. The molecule has 0 amide bonds. The third-order valence-electron chi connectivity index (χ3n) is 2.86. The van der Waals surface area contributed by atoms with Crippen LogP contribution < -0.4 is 0 Å². The van der Waals surface area contributed by atoms with Gasteiger partial charge >= 0.3 is 11.9 Å². The fraction of sp³-hybridized carbons (Fsp3) is 0.176. The fourth-order valence-electron chi connectivity index (χ4n) is 1.72. The number of ether oxygens (including phenoxy) is 2. The van der Waals surface area contributed by atoms with Gasteiger partial charge < -0.3 is 14.6 Å². The molecule has 0 aliphatic rings. The molecular weight excluding hydrogens is 284 g/mol. The number of carbonyl (C=O) groups is 2. The van der Waals surface area contributed by atoms with Crippen molar-refractivity contribution in [3.63, 3.8) is 0 Å². The van der Waals surface area contributed by atoms with E-state index in [0.29, 0.717) is 11.1 Å². The third-order valence-corrected chi connectivity index (χ3v) is 2.86. The molecule has 5 nitrogen and oxygen atoms in total. The lowest BCUT2D eigenvalue weighted by Gasteiger charge is -2.20. The second kappa shape index (κ2) is 7.38. The molecule has 0 saturated carbocycles. The number of rotatable bonds is 5. The molecule has 0 heterocycles. The second-order valence-electron chi connectivity index (χ2n) is 4.65. The summed E-state index contributed by atoms with van der Waals surface area (Å²) >= 11 is 0. The molecule has 0 bridgehead atoms. The Bertz CT molecular complexity index is 569. The zero-order valence-corrected chi connectivity index (χ0v) is 12.0. The van der Waals surface area contributed by atoms with E-state index in [1.54, 1.807) is 60.7 Å². The lowest BCUT2D eigenvalue weighted by molar-refractivity contribution is -0.130. The molecular formula is C17H16O5. The average Bonchev–Trinajstić information content (AvgIpc) is 2.55. The Morgan fingerprint density at radius 3 is 1.50 bits per heavy atom. The summed E-state index contributed by atoms with van der Waals surface area (Å²) in [4.78, 5) is 23.9. The molecule has 0 saturated heterocycles. The fourth-order valence-corrected chi connectivity index (χ4v) is 1.72. The first-order valence-corrected chi connectivity index (χ1v) is 6.78. The largest absolute Gasteiger partial charge is 0.419 e. The van der Waals surface area contributed by atoms with Crippen LogP contribution in [0.5, 0.6) is 0 Å². The van der Waals surface area contributed by atoms with E-state index in [1.807, 2.05) is 0 Å². The van der Waals surface area contributed by atoms with E-state index >= 15 is 0 Å². The number of carbonyl (C=O) groups excluding carboxylic acids is 2. The van der Waals surface area contributed by atoms with Gasteiger partial charge in [0.05, 0.1) is 11.1 Å². The minimum absolute atomic E-state index is 0.309. The van der Waals surface area contributed by atoms with Crippen molar-refractivity contribution in [1.82, 2.24) is 0 Å². The van der Waals surface area contributed by atoms with Crippen LogP contribution in [0.2, 0.25) is 0 Å². The standard InChI is InChI=1S/C17H16O5/c1-12(18)17(21-15(19)13-8-4-2-5-9-13)22-16(20)14-10-6-3-7-11-14/h2-12,17-18H,1H3. The van der Waals surface area contributed by atoms with Gasteiger partial charge in [0, 0.05) is 0 Å². The number of aliphatic hydroxyl groups excluding tert-OH is 1. The van der Waals surface area contributed by atoms with E-state index in [0.717, 1.165) is 0 Å². The molecule has 22 heavy (non-hydrogen) atoms. The van der Waals surface area contributed by atoms with Crippen LogP contribution in [0.4, 0.5) is 0 Å². The summed E-state index contributed by atoms with van der Waals surface area (Å²) in [7, 11) is 0. The first-order valence-electron chi connectivity index (χ1n) is 6.78. The van der Waals surface area contributed by atoms with Gasteiger partial charge in [-0.3, -0.25) is 0 Å². The van der Waals surface area contributed by atoms with Crippen LogP contribution >= 0.6 is 0 Å². The van der Waals surface area contributed by atoms with Crippen LogP contribution in [0.1, 0.15) is 27.6 Å². The lowest BCUT2D eigenvalue weighted by atomic mass is 10.2. The van der Waals surface area contributed by atoms with Crippen molar-refractivity contribution in [3.8, 4) is 0 Å². The van der Waals surface area contributed by atoms with E-state index in [1.165, 1.54) is 6.92 Å². The van der Waals surface area contributed by atoms with E-state index in [-0.39, 0.29) is 0 Å². The summed E-state index contributed by atoms with van der Waals surface area (Å²) < 4.78 is 10.1. The van der Waals surface area contributed by atoms with Crippen LogP contribution in [-0.4, -0.2) is 29.4 Å². The van der Waals surface area contributed by atoms with Crippen molar-refractivity contribution in [2.75, 3.05) is 0 Å². The van der Waals surface area contributed by atoms with Gasteiger partial charge in [-0.2, -0.15) is 0 Å². The van der Waals surface area contributed by atoms with Crippen molar-refractivity contribution in [3.05, 3.63) is 71.8 Å². The smallest absolute Gasteiger partial charge is 0.341 e. The Morgan fingerprint density at radius 2 is 1.18 bits per heavy atom. The Morgan fingerprint density at radius 1 is 0.818 bits per heavy atom. The van der Waals surface area contributed by atoms with E-state index in [4.69, 9.17) is 9.47 Å². The zero-order chi connectivity index (χ0) is 15.9. The Labute approximate surface area is 128 Å². The maximum Gasteiger partial charge on any atom is 0.341 e. The number of aliphatic hydroxyl groups is 1. The Balaban J connectivity index is 2.04. The lowest BCUT2D eigenvalue weighted by Crippen LogP contribution is -2.34. The maximum atomic E-state index is 12.0. The quantitative estimate of drug-likeness (QED) is 0.678. The number of hydrogen-bond acceptors (Lipinski definition) is 5. The van der Waals surface area contributed by atoms with Gasteiger partial charge in [-0.15, -0.1) is 0 Å². The normalized spacial score (nSPS) is 11.8. The third kappa shape index (κ3) is 4.17. The minimum Gasteiger partial charge on any atom is -0.419 e. The maximum absolute atomic E-state index is 12.0. The molecule has 0 radical (unpaired) electrons. The topological polar surface area (TPSA) is 72.8 Å². The molecule has 0 aromatic heterocycles. The van der Waals surface area contributed by atoms with Crippen LogP contribution in [0, 0.1) is 0 Å². The summed E-state index contributed by atoms with van der Waals surface area (Å²) in [5, 5.41) is 9.65. The molecule has 0 spiro atoms. The first kappa shape index (κ1) is 15.7. The van der Waals surface area contributed by atoms with Gasteiger partial charge in [-0.25, -0.2) is 9.59 Å². The van der Waals surface area contributed by atoms with E-state index in [2.05, 4.69) is 0 Å². The van der Waals surface area contributed by atoms with Gasteiger partial charge in [-0.05, 0) is 31.2 Å². The van der Waals surface area contributed by atoms with Crippen molar-refractivity contribution in [1.29, 1.82) is 0 Å². The van der Waals surface area contributed by atoms with Crippen molar-refractivity contribution in [2.24, 2.45) is 0 Å². The zero-order valence-electron chi connectivity index (χ0n) is 12.0. The van der Waals surface area contributed by atoms with Crippen LogP contribution in [0.15, 0.2) is 60.7 Å². The van der Waals surface area contributed by atoms with E-state index < -0.39 is 24.3 Å². The molecule has 2 aromatic rings. The number of benzene rings is 2. The summed E-state index contributed by atoms with van der Waals surface area (Å²) in [5.74, 6) is -1.35. The van der Waals surface area contributed by atoms with Crippen molar-refractivity contribution in [2.45, 2.75) is 19.3 Å². The van der Waals surface area contributed by atoms with Gasteiger partial charge in [0.15, 0.2) is 0 Å². The Hall–Kier alpha value is -2.66. The van der Waals surface area contributed by atoms with E-state index in [9.17, 15) is 14.7 Å². The monoisotopic (exact) mass is 300 g/mol. The van der Waals surface area contributed by atoms with Crippen LogP contribution in [0.25, 0.3) is 0 Å². The highest BCUT2D eigenvalue weighted by molar-refractivity contribution is 5.91. The molecule has 0 aliphatic carbocycles. The highest BCUT2D eigenvalue weighted by atomic mass is 16.7. The molecule has 1 atom stereocenters. The number of esters is 2. The molecule has 0 aliphatic heterocycles. The van der Waals surface area contributed by atoms with Gasteiger partial charge in [0.1, 0.15) is 6.10 Å². The summed E-state index contributed by atoms with van der Waals surface area (Å²) in [5.41, 5.74) is 0.618. The molecule has 1 unspecified atom stereocenters. The highest BCUT2D eigenvalue weighted by Crippen LogP contribution is 2.11. The first-order chi connectivity index (χ1) is 10.6. The molecule has 2 rings (SSSR count). The minimum atomic E-state index is -1.37. The van der Waals surface area contributed by atoms with Gasteiger partial charge in [0.25, 0.3) is 6.29 Å². The van der Waals surface area contributed by atoms with Crippen LogP contribution in [-0.2, 0) is 9.47 Å². The summed E-state index contributed by atoms with van der Waals surface area (Å²) in [6.07, 6.45) is -2.53. The summed E-state index contributed by atoms with van der Waals surface area (Å²) in [6, 6.07) is 16.5. The Kier molecular flexibility index (Phi) is 5.27. The molecule has 0 fully saturated rings. The van der Waals surface area contributed by atoms with Gasteiger partial charge in [0.2, 0.25) is 0 Å². The molecule has 2 aromatic carbocycles. The molecule has 1 N–H and O–H groups in total. The predicted molar refractivity (Wildman–Crippen MR) is 79.2 cm³/mol. The number of hydrogen-bond donors (Lipinski definition) is 1. The van der Waals surface area contributed by atoms with Crippen LogP contribution in [0.3, 0.4) is 0 Å². The van der Waals surface area contributed by atoms with Gasteiger partial charge in [-0.1, -0.05) is 36.4 Å². The van der Waals surface area contributed by atoms with Crippen molar-refractivity contribution >= 4 is 11.9 Å². The summed E-state index contributed by atoms with van der Waals surface area (Å²) in [6.45, 7) is 1.38. The highest BCUT2D eigenvalue weighted by Gasteiger charge is 2.25. The predicted octanol–water partition coefficient (Wildman–Crippen LogP) is 2.41.